The third-order valence-electron chi connectivity index (χ3n) is 2.43. The summed E-state index contributed by atoms with van der Waals surface area (Å²) >= 11 is 0. The first-order valence-corrected chi connectivity index (χ1v) is 5.44. The molecule has 1 aromatic heterocycles. The summed E-state index contributed by atoms with van der Waals surface area (Å²) in [7, 11) is 0. The molecule has 0 spiro atoms. The first kappa shape index (κ1) is 10.8. The van der Waals surface area contributed by atoms with Gasteiger partial charge in [-0.3, -0.25) is 4.98 Å². The number of aliphatic hydroxyl groups excluding tert-OH is 1. The van der Waals surface area contributed by atoms with E-state index >= 15 is 0 Å². The Morgan fingerprint density at radius 3 is 2.56 bits per heavy atom. The van der Waals surface area contributed by atoms with E-state index in [1.54, 1.807) is 13.1 Å². The summed E-state index contributed by atoms with van der Waals surface area (Å²) in [5.41, 5.74) is 3.25. The van der Waals surface area contributed by atoms with Crippen molar-refractivity contribution in [1.82, 2.24) is 4.98 Å². The van der Waals surface area contributed by atoms with Gasteiger partial charge in [0.05, 0.1) is 6.10 Å². The second-order valence-corrected chi connectivity index (χ2v) is 3.96. The van der Waals surface area contributed by atoms with Gasteiger partial charge in [-0.2, -0.15) is 0 Å². The summed E-state index contributed by atoms with van der Waals surface area (Å²) in [6.45, 7) is 1.77. The van der Waals surface area contributed by atoms with E-state index in [4.69, 9.17) is 0 Å². The van der Waals surface area contributed by atoms with Crippen molar-refractivity contribution in [3.8, 4) is 11.1 Å². The highest BCUT2D eigenvalue weighted by atomic mass is 16.3. The van der Waals surface area contributed by atoms with Crippen molar-refractivity contribution in [2.24, 2.45) is 0 Å². The lowest BCUT2D eigenvalue weighted by Gasteiger charge is -2.06. The summed E-state index contributed by atoms with van der Waals surface area (Å²) in [4.78, 5) is 4.25. The summed E-state index contributed by atoms with van der Waals surface area (Å²) in [6, 6.07) is 14.2. The zero-order valence-electron chi connectivity index (χ0n) is 9.30. The highest BCUT2D eigenvalue weighted by Crippen LogP contribution is 2.19. The van der Waals surface area contributed by atoms with Crippen molar-refractivity contribution >= 4 is 0 Å². The van der Waals surface area contributed by atoms with Crippen LogP contribution in [0.5, 0.6) is 0 Å². The van der Waals surface area contributed by atoms with Crippen LogP contribution in [-0.2, 0) is 6.42 Å². The lowest BCUT2D eigenvalue weighted by Crippen LogP contribution is -2.05. The van der Waals surface area contributed by atoms with Crippen LogP contribution in [0.2, 0.25) is 0 Å². The lowest BCUT2D eigenvalue weighted by atomic mass is 10.0. The Morgan fingerprint density at radius 1 is 1.12 bits per heavy atom. The Bertz CT molecular complexity index is 451. The Kier molecular flexibility index (Phi) is 3.32. The Hall–Kier alpha value is -1.67. The van der Waals surface area contributed by atoms with Crippen LogP contribution in [0.3, 0.4) is 0 Å². The fourth-order valence-electron chi connectivity index (χ4n) is 1.70. The van der Waals surface area contributed by atoms with Gasteiger partial charge in [0.2, 0.25) is 0 Å². The largest absolute Gasteiger partial charge is 0.393 e. The second-order valence-electron chi connectivity index (χ2n) is 3.96. The minimum atomic E-state index is -0.349. The van der Waals surface area contributed by atoms with Crippen LogP contribution in [0, 0.1) is 0 Å². The van der Waals surface area contributed by atoms with Crippen LogP contribution in [-0.4, -0.2) is 16.2 Å². The number of rotatable bonds is 3. The number of aliphatic hydroxyl groups is 1. The minimum Gasteiger partial charge on any atom is -0.393 e. The molecule has 82 valence electrons. The van der Waals surface area contributed by atoms with Gasteiger partial charge in [0.25, 0.3) is 0 Å². The predicted octanol–water partition coefficient (Wildman–Crippen LogP) is 2.67. The van der Waals surface area contributed by atoms with Crippen molar-refractivity contribution in [2.75, 3.05) is 0 Å². The number of hydrogen-bond donors (Lipinski definition) is 1. The van der Waals surface area contributed by atoms with Gasteiger partial charge in [0.15, 0.2) is 0 Å². The molecule has 2 rings (SSSR count). The van der Waals surface area contributed by atoms with E-state index in [2.05, 4.69) is 17.1 Å². The summed E-state index contributed by atoms with van der Waals surface area (Å²) in [5, 5.41) is 9.33. The van der Waals surface area contributed by atoms with E-state index in [0.717, 1.165) is 11.3 Å². The van der Waals surface area contributed by atoms with Crippen molar-refractivity contribution in [3.05, 3.63) is 54.4 Å². The average molecular weight is 213 g/mol. The molecule has 0 aliphatic heterocycles. The minimum absolute atomic E-state index is 0.349. The molecule has 16 heavy (non-hydrogen) atoms. The van der Waals surface area contributed by atoms with Gasteiger partial charge in [-0.15, -0.1) is 0 Å². The molecule has 2 nitrogen and oxygen atoms in total. The zero-order valence-corrected chi connectivity index (χ0v) is 9.30. The number of hydrogen-bond acceptors (Lipinski definition) is 2. The van der Waals surface area contributed by atoms with E-state index in [1.165, 1.54) is 5.56 Å². The fraction of sp³-hybridized carbons (Fsp3) is 0.214. The van der Waals surface area contributed by atoms with Crippen molar-refractivity contribution in [3.63, 3.8) is 0 Å². The van der Waals surface area contributed by atoms with Gasteiger partial charge in [-0.05, 0) is 30.2 Å². The van der Waals surface area contributed by atoms with Gasteiger partial charge in [-0.1, -0.05) is 30.3 Å². The number of aromatic nitrogens is 1. The van der Waals surface area contributed by atoms with Gasteiger partial charge in [0.1, 0.15) is 0 Å². The Balaban J connectivity index is 2.29. The van der Waals surface area contributed by atoms with Crippen LogP contribution >= 0.6 is 0 Å². The molecular formula is C14H15NO. The molecular weight excluding hydrogens is 198 g/mol. The maximum atomic E-state index is 9.33. The molecule has 2 aromatic rings. The SMILES string of the molecule is CC(O)Cc1cc(-c2ccccc2)ccn1. The van der Waals surface area contributed by atoms with Gasteiger partial charge < -0.3 is 5.11 Å². The molecule has 0 fully saturated rings. The molecule has 0 saturated heterocycles. The van der Waals surface area contributed by atoms with Crippen molar-refractivity contribution in [2.45, 2.75) is 19.4 Å². The highest BCUT2D eigenvalue weighted by molar-refractivity contribution is 5.63. The molecule has 1 atom stereocenters. The topological polar surface area (TPSA) is 33.1 Å². The van der Waals surface area contributed by atoms with E-state index in [1.807, 2.05) is 30.3 Å². The normalized spacial score (nSPS) is 12.4. The standard InChI is InChI=1S/C14H15NO/c1-11(16)9-14-10-13(7-8-15-14)12-5-3-2-4-6-12/h2-8,10-11,16H,9H2,1H3. The van der Waals surface area contributed by atoms with E-state index < -0.39 is 0 Å². The quantitative estimate of drug-likeness (QED) is 0.850. The number of nitrogens with zero attached hydrogens (tertiary/aromatic N) is 1. The Labute approximate surface area is 95.6 Å². The molecule has 0 radical (unpaired) electrons. The lowest BCUT2D eigenvalue weighted by molar-refractivity contribution is 0.194. The smallest absolute Gasteiger partial charge is 0.0567 e. The first-order chi connectivity index (χ1) is 7.75. The molecule has 1 aromatic carbocycles. The van der Waals surface area contributed by atoms with E-state index in [9.17, 15) is 5.11 Å². The second kappa shape index (κ2) is 4.90. The van der Waals surface area contributed by atoms with Gasteiger partial charge in [-0.25, -0.2) is 0 Å². The first-order valence-electron chi connectivity index (χ1n) is 5.44. The summed E-state index contributed by atoms with van der Waals surface area (Å²) in [5.74, 6) is 0. The monoisotopic (exact) mass is 213 g/mol. The molecule has 0 bridgehead atoms. The van der Waals surface area contributed by atoms with Gasteiger partial charge in [0, 0.05) is 18.3 Å². The van der Waals surface area contributed by atoms with Crippen LogP contribution in [0.15, 0.2) is 48.7 Å². The summed E-state index contributed by atoms with van der Waals surface area (Å²) in [6.07, 6.45) is 2.04. The van der Waals surface area contributed by atoms with Crippen LogP contribution in [0.25, 0.3) is 11.1 Å². The number of benzene rings is 1. The zero-order chi connectivity index (χ0) is 11.4. The fourth-order valence-corrected chi connectivity index (χ4v) is 1.70. The molecule has 0 saturated carbocycles. The van der Waals surface area contributed by atoms with E-state index in [-0.39, 0.29) is 6.10 Å². The predicted molar refractivity (Wildman–Crippen MR) is 65.1 cm³/mol. The molecule has 0 amide bonds. The maximum absolute atomic E-state index is 9.33. The van der Waals surface area contributed by atoms with Gasteiger partial charge >= 0.3 is 0 Å². The van der Waals surface area contributed by atoms with Crippen LogP contribution in [0.4, 0.5) is 0 Å². The molecule has 1 heterocycles. The number of pyridine rings is 1. The third kappa shape index (κ3) is 2.67. The summed E-state index contributed by atoms with van der Waals surface area (Å²) < 4.78 is 0. The highest BCUT2D eigenvalue weighted by Gasteiger charge is 2.02. The molecule has 0 aliphatic rings. The van der Waals surface area contributed by atoms with Crippen molar-refractivity contribution < 1.29 is 5.11 Å². The Morgan fingerprint density at radius 2 is 1.88 bits per heavy atom. The molecule has 1 N–H and O–H groups in total. The van der Waals surface area contributed by atoms with Crippen LogP contribution < -0.4 is 0 Å². The average Bonchev–Trinajstić information content (AvgIpc) is 2.30. The molecule has 0 aliphatic carbocycles. The van der Waals surface area contributed by atoms with Crippen molar-refractivity contribution in [1.29, 1.82) is 0 Å². The molecule has 2 heteroatoms. The maximum Gasteiger partial charge on any atom is 0.0567 e. The third-order valence-corrected chi connectivity index (χ3v) is 2.43. The molecule has 1 unspecified atom stereocenters. The van der Waals surface area contributed by atoms with Crippen LogP contribution in [0.1, 0.15) is 12.6 Å². The van der Waals surface area contributed by atoms with E-state index in [0.29, 0.717) is 6.42 Å².